The zero-order valence-electron chi connectivity index (χ0n) is 13.1. The van der Waals surface area contributed by atoms with Crippen molar-refractivity contribution < 1.29 is 21.6 Å². The molecule has 0 aliphatic carbocycles. The van der Waals surface area contributed by atoms with Crippen LogP contribution in [0, 0.1) is 0 Å². The Morgan fingerprint density at radius 3 is 2.20 bits per heavy atom. The molecule has 25 heavy (non-hydrogen) atoms. The molecule has 0 unspecified atom stereocenters. The molecule has 0 atom stereocenters. The van der Waals surface area contributed by atoms with Crippen LogP contribution >= 0.6 is 15.9 Å². The Kier molecular flexibility index (Phi) is 5.68. The van der Waals surface area contributed by atoms with Crippen molar-refractivity contribution in [2.24, 2.45) is 7.05 Å². The molecule has 0 spiro atoms. The highest BCUT2D eigenvalue weighted by molar-refractivity contribution is 9.10. The number of hydrogen-bond donors (Lipinski definition) is 3. The van der Waals surface area contributed by atoms with E-state index in [0.717, 1.165) is 6.07 Å². The van der Waals surface area contributed by atoms with Crippen LogP contribution in [0.25, 0.3) is 0 Å². The second-order valence-corrected chi connectivity index (χ2v) is 9.38. The third-order valence-electron chi connectivity index (χ3n) is 3.20. The van der Waals surface area contributed by atoms with Crippen LogP contribution in [0.5, 0.6) is 0 Å². The topological polar surface area (TPSA) is 126 Å². The van der Waals surface area contributed by atoms with Crippen LogP contribution < -0.4 is 15.0 Å². The smallest absolute Gasteiger partial charge is 0.282 e. The van der Waals surface area contributed by atoms with E-state index in [0.29, 0.717) is 4.47 Å². The second kappa shape index (κ2) is 7.25. The van der Waals surface area contributed by atoms with E-state index in [2.05, 4.69) is 26.1 Å². The molecule has 0 saturated carbocycles. The summed E-state index contributed by atoms with van der Waals surface area (Å²) in [5.74, 6) is -0.671. The van der Waals surface area contributed by atoms with Crippen LogP contribution in [0.15, 0.2) is 50.8 Å². The maximum absolute atomic E-state index is 12.3. The fourth-order valence-corrected chi connectivity index (χ4v) is 4.17. The van der Waals surface area contributed by atoms with Crippen LogP contribution in [0.3, 0.4) is 0 Å². The average Bonchev–Trinajstić information content (AvgIpc) is 2.91. The second-order valence-electron chi connectivity index (χ2n) is 4.90. The molecule has 12 heteroatoms. The van der Waals surface area contributed by atoms with Gasteiger partial charge in [-0.05, 0) is 47.2 Å². The molecule has 3 N–H and O–H groups in total. The third-order valence-corrected chi connectivity index (χ3v) is 6.29. The van der Waals surface area contributed by atoms with E-state index < -0.39 is 26.0 Å². The molecule has 1 aromatic heterocycles. The van der Waals surface area contributed by atoms with Crippen LogP contribution in [-0.2, 0) is 27.1 Å². The number of nitrogens with zero attached hydrogens (tertiary/aromatic N) is 1. The minimum absolute atomic E-state index is 0.212. The van der Waals surface area contributed by atoms with Crippen molar-refractivity contribution in [1.29, 1.82) is 0 Å². The molecule has 0 aliphatic heterocycles. The number of carbonyl (C=O) groups is 1. The summed E-state index contributed by atoms with van der Waals surface area (Å²) in [7, 11) is -5.11. The number of sulfonamides is 2. The van der Waals surface area contributed by atoms with Gasteiger partial charge in [0, 0.05) is 17.7 Å². The van der Waals surface area contributed by atoms with Gasteiger partial charge in [0.05, 0.1) is 9.79 Å². The summed E-state index contributed by atoms with van der Waals surface area (Å²) in [4.78, 5) is 13.5. The van der Waals surface area contributed by atoms with Crippen LogP contribution in [0.2, 0.25) is 0 Å². The Morgan fingerprint density at radius 1 is 1.08 bits per heavy atom. The lowest BCUT2D eigenvalue weighted by Gasteiger charge is -2.10. The molecule has 136 valence electrons. The Balaban J connectivity index is 2.21. The number of hydrazine groups is 1. The highest BCUT2D eigenvalue weighted by Crippen LogP contribution is 2.16. The first-order chi connectivity index (χ1) is 11.6. The molecule has 0 fully saturated rings. The highest BCUT2D eigenvalue weighted by Gasteiger charge is 2.20. The summed E-state index contributed by atoms with van der Waals surface area (Å²) in [6.07, 6.45) is 1.63. The van der Waals surface area contributed by atoms with Crippen LogP contribution in [0.1, 0.15) is 10.5 Å². The van der Waals surface area contributed by atoms with Gasteiger partial charge in [0.2, 0.25) is 10.0 Å². The van der Waals surface area contributed by atoms with Gasteiger partial charge in [0.1, 0.15) is 5.69 Å². The van der Waals surface area contributed by atoms with Gasteiger partial charge >= 0.3 is 0 Å². The Labute approximate surface area is 153 Å². The van der Waals surface area contributed by atoms with Gasteiger partial charge in [-0.3, -0.25) is 10.2 Å². The number of halogens is 1. The third kappa shape index (κ3) is 4.46. The van der Waals surface area contributed by atoms with Crippen LogP contribution in [0.4, 0.5) is 0 Å². The summed E-state index contributed by atoms with van der Waals surface area (Å²) in [6, 6.07) is 6.26. The molecule has 0 radical (unpaired) electrons. The SMILES string of the molecule is CNS(=O)(=O)c1cccc(S(=O)(=O)NNC(=O)c2cc(Br)cn2C)c1. The van der Waals surface area contributed by atoms with Gasteiger partial charge in [0.15, 0.2) is 0 Å². The van der Waals surface area contributed by atoms with Crippen molar-refractivity contribution in [3.63, 3.8) is 0 Å². The summed E-state index contributed by atoms with van der Waals surface area (Å²) in [5, 5.41) is 0. The molecule has 1 amide bonds. The van der Waals surface area contributed by atoms with Crippen molar-refractivity contribution in [3.8, 4) is 0 Å². The van der Waals surface area contributed by atoms with Crippen molar-refractivity contribution in [2.45, 2.75) is 9.79 Å². The molecule has 1 heterocycles. The van der Waals surface area contributed by atoms with Crippen LogP contribution in [-0.4, -0.2) is 34.4 Å². The summed E-state index contributed by atoms with van der Waals surface area (Å²) >= 11 is 3.21. The van der Waals surface area contributed by atoms with Crippen molar-refractivity contribution >= 4 is 41.9 Å². The van der Waals surface area contributed by atoms with E-state index in [1.807, 2.05) is 4.83 Å². The molecule has 2 aromatic rings. The quantitative estimate of drug-likeness (QED) is 0.546. The number of carbonyl (C=O) groups excluding carboxylic acids is 1. The normalized spacial score (nSPS) is 12.1. The molecule has 0 saturated heterocycles. The average molecular weight is 451 g/mol. The van der Waals surface area contributed by atoms with Gasteiger partial charge in [0.25, 0.3) is 15.9 Å². The zero-order valence-corrected chi connectivity index (χ0v) is 16.4. The molecular weight excluding hydrogens is 436 g/mol. The Morgan fingerprint density at radius 2 is 1.68 bits per heavy atom. The van der Waals surface area contributed by atoms with E-state index in [9.17, 15) is 21.6 Å². The van der Waals surface area contributed by atoms with E-state index in [4.69, 9.17) is 0 Å². The van der Waals surface area contributed by atoms with Gasteiger partial charge in [-0.15, -0.1) is 4.83 Å². The number of aromatic nitrogens is 1. The summed E-state index contributed by atoms with van der Waals surface area (Å²) in [6.45, 7) is 0. The van der Waals surface area contributed by atoms with Gasteiger partial charge < -0.3 is 4.57 Å². The predicted octanol–water partition coefficient (Wildman–Crippen LogP) is 0.319. The van der Waals surface area contributed by atoms with Crippen molar-refractivity contribution in [3.05, 3.63) is 46.7 Å². The first-order valence-electron chi connectivity index (χ1n) is 6.74. The van der Waals surface area contributed by atoms with E-state index in [1.54, 1.807) is 13.2 Å². The largest absolute Gasteiger partial charge is 0.345 e. The standard InChI is InChI=1S/C13H15BrN4O5S2/c1-15-24(20,21)10-4-3-5-11(7-10)25(22,23)17-16-13(19)12-6-9(14)8-18(12)2/h3-8,15,17H,1-2H3,(H,16,19). The number of nitrogens with one attached hydrogen (secondary N) is 3. The fraction of sp³-hybridized carbons (Fsp3) is 0.154. The minimum Gasteiger partial charge on any atom is -0.345 e. The molecular formula is C13H15BrN4O5S2. The molecule has 9 nitrogen and oxygen atoms in total. The zero-order chi connectivity index (χ0) is 18.8. The Bertz CT molecular complexity index is 1010. The van der Waals surface area contributed by atoms with Crippen molar-refractivity contribution in [2.75, 3.05) is 7.05 Å². The van der Waals surface area contributed by atoms with Gasteiger partial charge in [-0.25, -0.2) is 21.6 Å². The molecule has 0 bridgehead atoms. The van der Waals surface area contributed by atoms with E-state index in [1.165, 1.54) is 35.9 Å². The van der Waals surface area contributed by atoms with Gasteiger partial charge in [-0.2, -0.15) is 0 Å². The molecule has 2 rings (SSSR count). The first-order valence-corrected chi connectivity index (χ1v) is 10.5. The lowest BCUT2D eigenvalue weighted by molar-refractivity contribution is 0.0937. The lowest BCUT2D eigenvalue weighted by Crippen LogP contribution is -2.42. The fourth-order valence-electron chi connectivity index (χ4n) is 1.91. The Hall–Kier alpha value is -1.73. The number of benzene rings is 1. The number of hydrogen-bond acceptors (Lipinski definition) is 5. The first kappa shape index (κ1) is 19.6. The number of rotatable bonds is 6. The number of amides is 1. The molecule has 0 aliphatic rings. The lowest BCUT2D eigenvalue weighted by atomic mass is 10.4. The van der Waals surface area contributed by atoms with Crippen molar-refractivity contribution in [1.82, 2.24) is 19.5 Å². The maximum Gasteiger partial charge on any atom is 0.282 e. The maximum atomic E-state index is 12.3. The molecule has 1 aromatic carbocycles. The van der Waals surface area contributed by atoms with Gasteiger partial charge in [-0.1, -0.05) is 6.07 Å². The predicted molar refractivity (Wildman–Crippen MR) is 93.6 cm³/mol. The number of aryl methyl sites for hydroxylation is 1. The minimum atomic E-state index is -4.16. The summed E-state index contributed by atoms with van der Waals surface area (Å²) in [5.41, 5.74) is 2.30. The van der Waals surface area contributed by atoms with E-state index in [-0.39, 0.29) is 15.5 Å². The highest BCUT2D eigenvalue weighted by atomic mass is 79.9. The van der Waals surface area contributed by atoms with E-state index >= 15 is 0 Å². The summed E-state index contributed by atoms with van der Waals surface area (Å²) < 4.78 is 52.3. The monoisotopic (exact) mass is 450 g/mol.